The molecule has 0 fully saturated rings. The van der Waals surface area contributed by atoms with Gasteiger partial charge < -0.3 is 10.1 Å². The van der Waals surface area contributed by atoms with Crippen LogP contribution in [0.15, 0.2) is 0 Å². The summed E-state index contributed by atoms with van der Waals surface area (Å²) in [5.74, 6) is 0.0603. The number of unbranched alkanes of at least 4 members (excludes halogenated alkanes) is 24. The summed E-state index contributed by atoms with van der Waals surface area (Å²) in [6.07, 6.45) is 36.1. The molecule has 1 N–H and O–H groups in total. The van der Waals surface area contributed by atoms with E-state index in [4.69, 9.17) is 4.74 Å². The molecule has 0 heterocycles. The first-order chi connectivity index (χ1) is 19.5. The molecule has 0 aliphatic heterocycles. The number of ether oxygens (including phenoxy) is 1. The van der Waals surface area contributed by atoms with E-state index in [-0.39, 0.29) is 19.1 Å². The van der Waals surface area contributed by atoms with Crippen LogP contribution in [-0.2, 0) is 23.8 Å². The highest BCUT2D eigenvalue weighted by atomic mass is 32.2. The van der Waals surface area contributed by atoms with E-state index in [2.05, 4.69) is 16.4 Å². The minimum Gasteiger partial charge on any atom is -0.377 e. The Morgan fingerprint density at radius 1 is 0.525 bits per heavy atom. The lowest BCUT2D eigenvalue weighted by Crippen LogP contribution is -2.27. The van der Waals surface area contributed by atoms with Crippen LogP contribution < -0.4 is 5.32 Å². The van der Waals surface area contributed by atoms with Crippen molar-refractivity contribution in [3.63, 3.8) is 0 Å². The summed E-state index contributed by atoms with van der Waals surface area (Å²) in [7, 11) is -3.41. The zero-order valence-corrected chi connectivity index (χ0v) is 27.5. The minimum atomic E-state index is -3.41. The number of carbonyl (C=O) groups excluding carboxylic acids is 1. The molecular formula is C33H67NO5S. The molecule has 0 bridgehead atoms. The quantitative estimate of drug-likeness (QED) is 0.0609. The van der Waals surface area contributed by atoms with Crippen molar-refractivity contribution in [2.24, 2.45) is 0 Å². The van der Waals surface area contributed by atoms with Crippen LogP contribution in [0.4, 0.5) is 0 Å². The third kappa shape index (κ3) is 35.4. The molecule has 0 aliphatic carbocycles. The normalized spacial score (nSPS) is 11.8. The van der Waals surface area contributed by atoms with Crippen LogP contribution in [0.2, 0.25) is 0 Å². The Morgan fingerprint density at radius 3 is 1.23 bits per heavy atom. The summed E-state index contributed by atoms with van der Waals surface area (Å²) < 4.78 is 31.4. The molecule has 0 rings (SSSR count). The van der Waals surface area contributed by atoms with Crippen LogP contribution in [0.25, 0.3) is 0 Å². The predicted molar refractivity (Wildman–Crippen MR) is 170 cm³/mol. The third-order valence-corrected chi connectivity index (χ3v) is 8.20. The smallest absolute Gasteiger partial charge is 0.264 e. The van der Waals surface area contributed by atoms with Gasteiger partial charge in [0, 0.05) is 13.0 Å². The fourth-order valence-corrected chi connectivity index (χ4v) is 5.49. The number of hydrogen-bond donors (Lipinski definition) is 1. The molecule has 240 valence electrons. The van der Waals surface area contributed by atoms with E-state index in [0.717, 1.165) is 19.1 Å². The molecule has 0 aliphatic rings. The van der Waals surface area contributed by atoms with Crippen LogP contribution in [0.3, 0.4) is 0 Å². The predicted octanol–water partition coefficient (Wildman–Crippen LogP) is 9.26. The lowest BCUT2D eigenvalue weighted by Gasteiger charge is -2.07. The van der Waals surface area contributed by atoms with E-state index >= 15 is 0 Å². The van der Waals surface area contributed by atoms with Crippen LogP contribution >= 0.6 is 0 Å². The molecule has 0 unspecified atom stereocenters. The van der Waals surface area contributed by atoms with Gasteiger partial charge in [0.1, 0.15) is 0 Å². The van der Waals surface area contributed by atoms with Gasteiger partial charge in [0.15, 0.2) is 0 Å². The van der Waals surface area contributed by atoms with Gasteiger partial charge >= 0.3 is 0 Å². The summed E-state index contributed by atoms with van der Waals surface area (Å²) >= 11 is 0. The molecule has 0 saturated heterocycles. The molecule has 0 aromatic heterocycles. The van der Waals surface area contributed by atoms with Crippen molar-refractivity contribution in [3.8, 4) is 0 Å². The zero-order chi connectivity index (χ0) is 29.4. The molecule has 6 nitrogen and oxygen atoms in total. The van der Waals surface area contributed by atoms with E-state index in [1.165, 1.54) is 148 Å². The van der Waals surface area contributed by atoms with Gasteiger partial charge in [-0.05, 0) is 6.42 Å². The first kappa shape index (κ1) is 39.3. The lowest BCUT2D eigenvalue weighted by atomic mass is 10.0. The maximum atomic E-state index is 11.8. The van der Waals surface area contributed by atoms with Gasteiger partial charge in [0.2, 0.25) is 5.91 Å². The van der Waals surface area contributed by atoms with Crippen LogP contribution in [-0.4, -0.2) is 46.9 Å². The highest BCUT2D eigenvalue weighted by Gasteiger charge is 2.03. The number of nitrogens with one attached hydrogen (secondary N) is 1. The van der Waals surface area contributed by atoms with Crippen molar-refractivity contribution in [2.75, 3.05) is 32.6 Å². The van der Waals surface area contributed by atoms with E-state index < -0.39 is 10.1 Å². The van der Waals surface area contributed by atoms with Crippen LogP contribution in [0, 0.1) is 0 Å². The SMILES string of the molecule is CCCCCCCCCCCCCCCCCCCCCCCCCCCC(=O)NCCOCCOS(C)(=O)=O. The van der Waals surface area contributed by atoms with Crippen molar-refractivity contribution in [1.29, 1.82) is 0 Å². The minimum absolute atomic E-state index is 0.00629. The number of carbonyl (C=O) groups is 1. The van der Waals surface area contributed by atoms with E-state index in [1.807, 2.05) is 0 Å². The second kappa shape index (κ2) is 31.3. The highest BCUT2D eigenvalue weighted by molar-refractivity contribution is 7.85. The molecule has 0 atom stereocenters. The molecular weight excluding hydrogens is 522 g/mol. The molecule has 0 aromatic rings. The molecule has 7 heteroatoms. The van der Waals surface area contributed by atoms with Gasteiger partial charge in [0.25, 0.3) is 10.1 Å². The molecule has 40 heavy (non-hydrogen) atoms. The Balaban J connectivity index is 3.15. The largest absolute Gasteiger partial charge is 0.377 e. The Hall–Kier alpha value is -0.660. The monoisotopic (exact) mass is 589 g/mol. The Morgan fingerprint density at radius 2 is 0.875 bits per heavy atom. The van der Waals surface area contributed by atoms with Gasteiger partial charge in [-0.25, -0.2) is 0 Å². The lowest BCUT2D eigenvalue weighted by molar-refractivity contribution is -0.121. The fraction of sp³-hybridized carbons (Fsp3) is 0.970. The molecule has 0 radical (unpaired) electrons. The van der Waals surface area contributed by atoms with E-state index in [1.54, 1.807) is 0 Å². The molecule has 1 amide bonds. The van der Waals surface area contributed by atoms with E-state index in [0.29, 0.717) is 19.6 Å². The topological polar surface area (TPSA) is 81.7 Å². The molecule has 0 saturated carbocycles. The second-order valence-electron chi connectivity index (χ2n) is 11.7. The van der Waals surface area contributed by atoms with Crippen molar-refractivity contribution in [1.82, 2.24) is 5.32 Å². The van der Waals surface area contributed by atoms with Crippen molar-refractivity contribution in [3.05, 3.63) is 0 Å². The first-order valence-electron chi connectivity index (χ1n) is 17.1. The van der Waals surface area contributed by atoms with Gasteiger partial charge in [-0.1, -0.05) is 161 Å². The molecule has 0 spiro atoms. The Labute approximate surface area is 249 Å². The van der Waals surface area contributed by atoms with Gasteiger partial charge in [0.05, 0.1) is 26.1 Å². The standard InChI is InChI=1S/C33H67NO5S/c1-3-4-5-6-7-8-9-10-11-12-13-14-15-16-17-18-19-20-21-22-23-24-25-26-27-28-33(35)34-29-30-38-31-32-39-40(2,36)37/h3-32H2,1-2H3,(H,34,35). The van der Waals surface area contributed by atoms with Crippen LogP contribution in [0.1, 0.15) is 174 Å². The summed E-state index contributed by atoms with van der Waals surface area (Å²) in [4.78, 5) is 11.8. The van der Waals surface area contributed by atoms with Gasteiger partial charge in [-0.3, -0.25) is 8.98 Å². The van der Waals surface area contributed by atoms with Crippen LogP contribution in [0.5, 0.6) is 0 Å². The summed E-state index contributed by atoms with van der Waals surface area (Å²) in [5.41, 5.74) is 0. The van der Waals surface area contributed by atoms with Gasteiger partial charge in [-0.15, -0.1) is 0 Å². The Kier molecular flexibility index (Phi) is 30.8. The number of amides is 1. The van der Waals surface area contributed by atoms with E-state index in [9.17, 15) is 13.2 Å². The maximum absolute atomic E-state index is 11.8. The maximum Gasteiger partial charge on any atom is 0.264 e. The third-order valence-electron chi connectivity index (χ3n) is 7.60. The first-order valence-corrected chi connectivity index (χ1v) is 19.0. The zero-order valence-electron chi connectivity index (χ0n) is 26.7. The fourth-order valence-electron chi connectivity index (χ4n) is 5.12. The molecule has 0 aromatic carbocycles. The highest BCUT2D eigenvalue weighted by Crippen LogP contribution is 2.16. The Bertz CT molecular complexity index is 626. The summed E-state index contributed by atoms with van der Waals surface area (Å²) in [5, 5.41) is 2.83. The van der Waals surface area contributed by atoms with Crippen molar-refractivity contribution >= 4 is 16.0 Å². The van der Waals surface area contributed by atoms with Crippen molar-refractivity contribution < 1.29 is 22.1 Å². The summed E-state index contributed by atoms with van der Waals surface area (Å²) in [6, 6.07) is 0. The van der Waals surface area contributed by atoms with Gasteiger partial charge in [-0.2, -0.15) is 8.42 Å². The van der Waals surface area contributed by atoms with Crippen molar-refractivity contribution in [2.45, 2.75) is 174 Å². The average Bonchev–Trinajstić information content (AvgIpc) is 2.92. The number of hydrogen-bond acceptors (Lipinski definition) is 5. The summed E-state index contributed by atoms with van der Waals surface area (Å²) in [6.45, 7) is 3.30. The average molecular weight is 590 g/mol. The number of rotatable bonds is 33. The second-order valence-corrected chi connectivity index (χ2v) is 13.4.